The molecule has 0 saturated carbocycles. The normalized spacial score (nSPS) is 15.1. The van der Waals surface area contributed by atoms with E-state index in [9.17, 15) is 0 Å². The molecule has 3 rings (SSSR count). The van der Waals surface area contributed by atoms with Crippen LogP contribution in [0.25, 0.3) is 0 Å². The first kappa shape index (κ1) is 21.8. The number of guanidine groups is 1. The van der Waals surface area contributed by atoms with Gasteiger partial charge in [-0.1, -0.05) is 24.3 Å². The molecule has 1 aliphatic heterocycles. The van der Waals surface area contributed by atoms with E-state index in [-0.39, 0.29) is 0 Å². The Labute approximate surface area is 180 Å². The van der Waals surface area contributed by atoms with E-state index >= 15 is 0 Å². The highest BCUT2D eigenvalue weighted by Crippen LogP contribution is 2.30. The van der Waals surface area contributed by atoms with Gasteiger partial charge < -0.3 is 25.0 Å². The van der Waals surface area contributed by atoms with E-state index in [2.05, 4.69) is 63.8 Å². The van der Waals surface area contributed by atoms with Crippen LogP contribution in [0.2, 0.25) is 0 Å². The minimum Gasteiger partial charge on any atom is -0.497 e. The molecule has 1 heterocycles. The summed E-state index contributed by atoms with van der Waals surface area (Å²) in [5.41, 5.74) is 3.86. The van der Waals surface area contributed by atoms with E-state index in [4.69, 9.17) is 9.47 Å². The lowest BCUT2D eigenvalue weighted by Gasteiger charge is -2.34. The predicted octanol–water partition coefficient (Wildman–Crippen LogP) is 3.39. The molecule has 6 heteroatoms. The molecule has 162 valence electrons. The third kappa shape index (κ3) is 5.81. The molecule has 0 bridgehead atoms. The number of aliphatic imine (C=N–C) groups is 1. The second kappa shape index (κ2) is 10.8. The highest BCUT2D eigenvalue weighted by atomic mass is 16.5. The third-order valence-corrected chi connectivity index (χ3v) is 5.71. The first-order chi connectivity index (χ1) is 14.6. The number of nitrogens with one attached hydrogen (secondary N) is 2. The van der Waals surface area contributed by atoms with Crippen LogP contribution in [-0.2, 0) is 6.42 Å². The van der Waals surface area contributed by atoms with Gasteiger partial charge in [-0.05, 0) is 37.3 Å². The number of nitrogens with zero attached hydrogens (tertiary/aromatic N) is 2. The summed E-state index contributed by atoms with van der Waals surface area (Å²) < 4.78 is 10.8. The van der Waals surface area contributed by atoms with Crippen molar-refractivity contribution in [1.82, 2.24) is 10.6 Å². The maximum absolute atomic E-state index is 5.41. The largest absolute Gasteiger partial charge is 0.497 e. The van der Waals surface area contributed by atoms with Crippen LogP contribution in [0, 0.1) is 6.92 Å². The average Bonchev–Trinajstić information content (AvgIpc) is 2.79. The molecule has 0 aromatic heterocycles. The Morgan fingerprint density at radius 3 is 2.33 bits per heavy atom. The molecule has 0 aliphatic carbocycles. The lowest BCUT2D eigenvalue weighted by molar-refractivity contribution is 0.393. The third-order valence-electron chi connectivity index (χ3n) is 5.71. The Morgan fingerprint density at radius 1 is 1.07 bits per heavy atom. The van der Waals surface area contributed by atoms with Gasteiger partial charge in [-0.15, -0.1) is 0 Å². The molecular weight excluding hydrogens is 376 g/mol. The molecule has 6 nitrogen and oxygen atoms in total. The number of ether oxygens (including phenoxy) is 2. The van der Waals surface area contributed by atoms with Crippen LogP contribution in [-0.4, -0.2) is 52.9 Å². The molecule has 0 amide bonds. The van der Waals surface area contributed by atoms with Crippen molar-refractivity contribution in [2.24, 2.45) is 4.99 Å². The molecular formula is C24H34N4O2. The lowest BCUT2D eigenvalue weighted by Crippen LogP contribution is -2.49. The number of benzene rings is 2. The Kier molecular flexibility index (Phi) is 7.82. The number of anilines is 1. The van der Waals surface area contributed by atoms with Gasteiger partial charge in [0.25, 0.3) is 0 Å². The van der Waals surface area contributed by atoms with Crippen LogP contribution in [0.5, 0.6) is 11.5 Å². The molecule has 2 N–H and O–H groups in total. The Morgan fingerprint density at radius 2 is 1.73 bits per heavy atom. The van der Waals surface area contributed by atoms with Crippen LogP contribution >= 0.6 is 0 Å². The Bertz CT molecular complexity index is 823. The fraction of sp³-hybridized carbons (Fsp3) is 0.458. The van der Waals surface area contributed by atoms with Crippen LogP contribution in [0.4, 0.5) is 5.69 Å². The summed E-state index contributed by atoms with van der Waals surface area (Å²) in [6.45, 7) is 4.99. The van der Waals surface area contributed by atoms with E-state index in [0.29, 0.717) is 6.04 Å². The second-order valence-corrected chi connectivity index (χ2v) is 7.65. The van der Waals surface area contributed by atoms with Crippen LogP contribution in [0.3, 0.4) is 0 Å². The molecule has 0 radical (unpaired) electrons. The number of piperidine rings is 1. The zero-order valence-electron chi connectivity index (χ0n) is 18.6. The van der Waals surface area contributed by atoms with Crippen molar-refractivity contribution < 1.29 is 9.47 Å². The highest BCUT2D eigenvalue weighted by Gasteiger charge is 2.21. The first-order valence-corrected chi connectivity index (χ1v) is 10.6. The van der Waals surface area contributed by atoms with E-state index in [1.54, 1.807) is 14.2 Å². The van der Waals surface area contributed by atoms with Gasteiger partial charge in [0, 0.05) is 56.6 Å². The lowest BCUT2D eigenvalue weighted by atomic mass is 10.0. The summed E-state index contributed by atoms with van der Waals surface area (Å²) in [5.74, 6) is 2.52. The van der Waals surface area contributed by atoms with E-state index in [1.165, 1.54) is 11.1 Å². The van der Waals surface area contributed by atoms with E-state index in [1.807, 2.05) is 13.1 Å². The highest BCUT2D eigenvalue weighted by molar-refractivity contribution is 5.80. The van der Waals surface area contributed by atoms with Crippen LogP contribution < -0.4 is 25.0 Å². The molecule has 2 aromatic carbocycles. The van der Waals surface area contributed by atoms with Gasteiger partial charge in [0.15, 0.2) is 5.96 Å². The number of rotatable bonds is 7. The topological polar surface area (TPSA) is 58.1 Å². The minimum atomic E-state index is 0.415. The Balaban J connectivity index is 1.48. The maximum atomic E-state index is 5.41. The van der Waals surface area contributed by atoms with E-state index in [0.717, 1.165) is 62.0 Å². The van der Waals surface area contributed by atoms with E-state index < -0.39 is 0 Å². The van der Waals surface area contributed by atoms with Crippen molar-refractivity contribution in [2.45, 2.75) is 32.2 Å². The molecule has 1 aliphatic rings. The van der Waals surface area contributed by atoms with Crippen LogP contribution in [0.1, 0.15) is 24.0 Å². The van der Waals surface area contributed by atoms with Crippen molar-refractivity contribution in [2.75, 3.05) is 45.8 Å². The van der Waals surface area contributed by atoms with Crippen LogP contribution in [0.15, 0.2) is 47.5 Å². The quantitative estimate of drug-likeness (QED) is 0.541. The second-order valence-electron chi connectivity index (χ2n) is 7.65. The summed E-state index contributed by atoms with van der Waals surface area (Å²) in [6.07, 6.45) is 3.10. The summed E-state index contributed by atoms with van der Waals surface area (Å²) >= 11 is 0. The molecule has 2 aromatic rings. The van der Waals surface area contributed by atoms with Crippen molar-refractivity contribution in [1.29, 1.82) is 0 Å². The standard InChI is InChI=1S/C24H34N4O2/c1-18-7-5-6-8-19(18)9-12-26-24(25-2)27-20-10-13-28(14-11-20)21-15-22(29-3)17-23(16-21)30-4/h5-8,15-17,20H,9-14H2,1-4H3,(H2,25,26,27). The number of hydrogen-bond donors (Lipinski definition) is 2. The van der Waals surface area contributed by atoms with Gasteiger partial charge in [0.1, 0.15) is 11.5 Å². The summed E-state index contributed by atoms with van der Waals surface area (Å²) in [4.78, 5) is 6.79. The molecule has 0 spiro atoms. The van der Waals surface area contributed by atoms with Crippen molar-refractivity contribution in [3.63, 3.8) is 0 Å². The molecule has 1 fully saturated rings. The Hall–Kier alpha value is -2.89. The van der Waals surface area contributed by atoms with Crippen molar-refractivity contribution in [3.05, 3.63) is 53.6 Å². The van der Waals surface area contributed by atoms with Crippen molar-refractivity contribution >= 4 is 11.6 Å². The summed E-state index contributed by atoms with van der Waals surface area (Å²) in [6, 6.07) is 15.0. The average molecular weight is 411 g/mol. The summed E-state index contributed by atoms with van der Waals surface area (Å²) in [7, 11) is 5.21. The zero-order chi connectivity index (χ0) is 21.3. The minimum absolute atomic E-state index is 0.415. The summed E-state index contributed by atoms with van der Waals surface area (Å²) in [5, 5.41) is 7.04. The van der Waals surface area contributed by atoms with Gasteiger partial charge in [0.2, 0.25) is 0 Å². The van der Waals surface area contributed by atoms with Gasteiger partial charge in [0.05, 0.1) is 14.2 Å². The van der Waals surface area contributed by atoms with Gasteiger partial charge in [-0.25, -0.2) is 0 Å². The number of hydrogen-bond acceptors (Lipinski definition) is 4. The zero-order valence-corrected chi connectivity index (χ0v) is 18.6. The molecule has 1 saturated heterocycles. The first-order valence-electron chi connectivity index (χ1n) is 10.6. The number of methoxy groups -OCH3 is 2. The van der Waals surface area contributed by atoms with Gasteiger partial charge in [-0.2, -0.15) is 0 Å². The molecule has 0 unspecified atom stereocenters. The maximum Gasteiger partial charge on any atom is 0.191 e. The fourth-order valence-electron chi connectivity index (χ4n) is 3.85. The van der Waals surface area contributed by atoms with Gasteiger partial charge in [-0.3, -0.25) is 4.99 Å². The predicted molar refractivity (Wildman–Crippen MR) is 124 cm³/mol. The monoisotopic (exact) mass is 410 g/mol. The molecule has 30 heavy (non-hydrogen) atoms. The van der Waals surface area contributed by atoms with Gasteiger partial charge >= 0.3 is 0 Å². The SMILES string of the molecule is CN=C(NCCc1ccccc1C)NC1CCN(c2cc(OC)cc(OC)c2)CC1. The fourth-order valence-corrected chi connectivity index (χ4v) is 3.85. The number of aryl methyl sites for hydroxylation is 1. The molecule has 0 atom stereocenters. The van der Waals surface area contributed by atoms with Crippen molar-refractivity contribution in [3.8, 4) is 11.5 Å². The smallest absolute Gasteiger partial charge is 0.191 e.